The molecule has 0 aliphatic rings. The van der Waals surface area contributed by atoms with Gasteiger partial charge < -0.3 is 10.6 Å². The van der Waals surface area contributed by atoms with E-state index in [1.54, 1.807) is 37.0 Å². The summed E-state index contributed by atoms with van der Waals surface area (Å²) in [6, 6.07) is 6.98. The van der Waals surface area contributed by atoms with E-state index in [4.69, 9.17) is 0 Å². The summed E-state index contributed by atoms with van der Waals surface area (Å²) < 4.78 is 27.9. The summed E-state index contributed by atoms with van der Waals surface area (Å²) in [5.41, 5.74) is 0.163. The van der Waals surface area contributed by atoms with Crippen LogP contribution in [-0.4, -0.2) is 45.5 Å². The molecule has 0 amide bonds. The third-order valence-electron chi connectivity index (χ3n) is 2.97. The van der Waals surface area contributed by atoms with Crippen LogP contribution in [0, 0.1) is 0 Å². The van der Waals surface area contributed by atoms with Crippen LogP contribution in [0.15, 0.2) is 34.2 Å². The third-order valence-corrected chi connectivity index (χ3v) is 5.44. The van der Waals surface area contributed by atoms with E-state index < -0.39 is 15.6 Å². The average molecular weight is 373 g/mol. The van der Waals surface area contributed by atoms with Crippen molar-refractivity contribution in [3.05, 3.63) is 29.8 Å². The van der Waals surface area contributed by atoms with E-state index in [2.05, 4.69) is 20.3 Å². The lowest BCUT2D eigenvalue weighted by molar-refractivity contribution is 0.491. The highest BCUT2D eigenvalue weighted by Gasteiger charge is 2.24. The van der Waals surface area contributed by atoms with E-state index in [1.165, 1.54) is 0 Å². The molecular weight excluding hydrogens is 344 g/mol. The topological polar surface area (TPSA) is 82.6 Å². The Hall–Kier alpha value is -1.25. The second-order valence-corrected chi connectivity index (χ2v) is 8.94. The van der Waals surface area contributed by atoms with Crippen molar-refractivity contribution < 1.29 is 8.42 Å². The number of nitrogens with one attached hydrogen (secondary N) is 3. The standard InChI is InChI=1S/C16H28N4O2S2/c1-16(2,3)20-24(21,22)14-9-7-6-8-13(14)12-19-15(17-4)18-10-11-23-5/h6-9,20H,10-12H2,1-5H3,(H2,17,18,19). The molecule has 0 spiro atoms. The zero-order valence-electron chi connectivity index (χ0n) is 15.0. The Labute approximate surface area is 150 Å². The predicted octanol–water partition coefficient (Wildman–Crippen LogP) is 1.79. The molecule has 0 radical (unpaired) electrons. The van der Waals surface area contributed by atoms with Gasteiger partial charge in [-0.05, 0) is 38.7 Å². The van der Waals surface area contributed by atoms with E-state index in [0.29, 0.717) is 18.1 Å². The minimum atomic E-state index is -3.58. The number of hydrogen-bond acceptors (Lipinski definition) is 4. The molecule has 0 aliphatic carbocycles. The van der Waals surface area contributed by atoms with Gasteiger partial charge in [0, 0.05) is 31.4 Å². The van der Waals surface area contributed by atoms with Crippen LogP contribution in [0.4, 0.5) is 0 Å². The highest BCUT2D eigenvalue weighted by atomic mass is 32.2. The van der Waals surface area contributed by atoms with Gasteiger partial charge in [0.25, 0.3) is 0 Å². The molecule has 0 aromatic heterocycles. The van der Waals surface area contributed by atoms with Crippen molar-refractivity contribution in [2.45, 2.75) is 37.8 Å². The van der Waals surface area contributed by atoms with Gasteiger partial charge in [0.1, 0.15) is 0 Å². The Morgan fingerprint density at radius 1 is 1.21 bits per heavy atom. The molecule has 0 atom stereocenters. The van der Waals surface area contributed by atoms with E-state index in [0.717, 1.165) is 12.3 Å². The minimum Gasteiger partial charge on any atom is -0.356 e. The van der Waals surface area contributed by atoms with Gasteiger partial charge in [-0.2, -0.15) is 11.8 Å². The number of benzene rings is 1. The lowest BCUT2D eigenvalue weighted by atomic mass is 10.1. The van der Waals surface area contributed by atoms with E-state index in [-0.39, 0.29) is 4.90 Å². The van der Waals surface area contributed by atoms with Crippen molar-refractivity contribution >= 4 is 27.7 Å². The molecule has 3 N–H and O–H groups in total. The van der Waals surface area contributed by atoms with Crippen LogP contribution in [0.1, 0.15) is 26.3 Å². The Morgan fingerprint density at radius 2 is 1.88 bits per heavy atom. The van der Waals surface area contributed by atoms with Crippen LogP contribution in [0.3, 0.4) is 0 Å². The Balaban J connectivity index is 2.87. The number of hydrogen-bond donors (Lipinski definition) is 3. The largest absolute Gasteiger partial charge is 0.356 e. The maximum atomic E-state index is 12.6. The zero-order valence-corrected chi connectivity index (χ0v) is 16.6. The van der Waals surface area contributed by atoms with Gasteiger partial charge in [0.05, 0.1) is 4.90 Å². The first-order valence-electron chi connectivity index (χ1n) is 7.75. The monoisotopic (exact) mass is 372 g/mol. The Bertz CT molecular complexity index is 652. The zero-order chi connectivity index (χ0) is 18.2. The lowest BCUT2D eigenvalue weighted by Crippen LogP contribution is -2.41. The van der Waals surface area contributed by atoms with Crippen LogP contribution < -0.4 is 15.4 Å². The van der Waals surface area contributed by atoms with Crippen molar-refractivity contribution in [2.24, 2.45) is 4.99 Å². The molecule has 6 nitrogen and oxygen atoms in total. The van der Waals surface area contributed by atoms with E-state index in [1.807, 2.05) is 33.1 Å². The summed E-state index contributed by atoms with van der Waals surface area (Å²) in [5.74, 6) is 1.63. The first kappa shape index (κ1) is 20.8. The van der Waals surface area contributed by atoms with Crippen LogP contribution in [-0.2, 0) is 16.6 Å². The van der Waals surface area contributed by atoms with Crippen LogP contribution in [0.25, 0.3) is 0 Å². The summed E-state index contributed by atoms with van der Waals surface area (Å²) in [5, 5.41) is 6.35. The third kappa shape index (κ3) is 7.11. The summed E-state index contributed by atoms with van der Waals surface area (Å²) in [7, 11) is -1.89. The lowest BCUT2D eigenvalue weighted by Gasteiger charge is -2.22. The first-order valence-corrected chi connectivity index (χ1v) is 10.6. The highest BCUT2D eigenvalue weighted by Crippen LogP contribution is 2.17. The molecule has 0 bridgehead atoms. The van der Waals surface area contributed by atoms with Crippen LogP contribution in [0.2, 0.25) is 0 Å². The molecular formula is C16H28N4O2S2. The molecule has 1 rings (SSSR count). The SMILES string of the molecule is CN=C(NCCSC)NCc1ccccc1S(=O)(=O)NC(C)(C)C. The number of sulfonamides is 1. The molecule has 0 saturated carbocycles. The van der Waals surface area contributed by atoms with Gasteiger partial charge in [-0.3, -0.25) is 4.99 Å². The minimum absolute atomic E-state index is 0.284. The second-order valence-electron chi connectivity index (χ2n) is 6.31. The van der Waals surface area contributed by atoms with Gasteiger partial charge in [0.15, 0.2) is 5.96 Å². The summed E-state index contributed by atoms with van der Waals surface area (Å²) >= 11 is 1.75. The van der Waals surface area contributed by atoms with Gasteiger partial charge in [0.2, 0.25) is 10.0 Å². The van der Waals surface area contributed by atoms with Crippen molar-refractivity contribution in [3.63, 3.8) is 0 Å². The van der Waals surface area contributed by atoms with Gasteiger partial charge in [-0.1, -0.05) is 18.2 Å². The predicted molar refractivity (Wildman–Crippen MR) is 103 cm³/mol. The Kier molecular flexibility index (Phi) is 8.05. The molecule has 24 heavy (non-hydrogen) atoms. The van der Waals surface area contributed by atoms with Crippen molar-refractivity contribution in [1.82, 2.24) is 15.4 Å². The van der Waals surface area contributed by atoms with E-state index >= 15 is 0 Å². The number of guanidine groups is 1. The highest BCUT2D eigenvalue weighted by molar-refractivity contribution is 7.98. The molecule has 0 fully saturated rings. The molecule has 1 aromatic carbocycles. The number of nitrogens with zero attached hydrogens (tertiary/aromatic N) is 1. The molecule has 0 saturated heterocycles. The smallest absolute Gasteiger partial charge is 0.241 e. The average Bonchev–Trinajstić information content (AvgIpc) is 2.48. The Morgan fingerprint density at radius 3 is 2.46 bits per heavy atom. The first-order chi connectivity index (χ1) is 11.2. The molecule has 0 aliphatic heterocycles. The summed E-state index contributed by atoms with van der Waals surface area (Å²) in [4.78, 5) is 4.43. The number of thioether (sulfide) groups is 1. The van der Waals surface area contributed by atoms with Gasteiger partial charge in [-0.15, -0.1) is 0 Å². The van der Waals surface area contributed by atoms with Crippen molar-refractivity contribution in [1.29, 1.82) is 0 Å². The summed E-state index contributed by atoms with van der Waals surface area (Å²) in [6.07, 6.45) is 2.04. The van der Waals surface area contributed by atoms with Crippen LogP contribution >= 0.6 is 11.8 Å². The molecule has 1 aromatic rings. The fraction of sp³-hybridized carbons (Fsp3) is 0.562. The van der Waals surface area contributed by atoms with Crippen molar-refractivity contribution in [3.8, 4) is 0 Å². The quantitative estimate of drug-likeness (QED) is 0.386. The maximum absolute atomic E-state index is 12.6. The number of aliphatic imine (C=N–C) groups is 1. The maximum Gasteiger partial charge on any atom is 0.241 e. The van der Waals surface area contributed by atoms with E-state index in [9.17, 15) is 8.42 Å². The van der Waals surface area contributed by atoms with Crippen LogP contribution in [0.5, 0.6) is 0 Å². The fourth-order valence-electron chi connectivity index (χ4n) is 2.04. The van der Waals surface area contributed by atoms with Gasteiger partial charge in [-0.25, -0.2) is 13.1 Å². The molecule has 8 heteroatoms. The molecule has 0 heterocycles. The number of rotatable bonds is 7. The van der Waals surface area contributed by atoms with Crippen molar-refractivity contribution in [2.75, 3.05) is 25.6 Å². The molecule has 0 unspecified atom stereocenters. The normalized spacial score (nSPS) is 13.0. The van der Waals surface area contributed by atoms with Gasteiger partial charge >= 0.3 is 0 Å². The summed E-state index contributed by atoms with van der Waals surface area (Å²) in [6.45, 7) is 6.64. The second kappa shape index (κ2) is 9.29. The fourth-order valence-corrected chi connectivity index (χ4v) is 4.01. The molecule has 136 valence electrons.